The molecule has 0 N–H and O–H groups in total. The molecule has 0 saturated heterocycles. The van der Waals surface area contributed by atoms with Crippen LogP contribution in [0, 0.1) is 0 Å². The first-order valence-corrected chi connectivity index (χ1v) is 5.99. The molecule has 0 saturated carbocycles. The molecule has 0 aliphatic rings. The van der Waals surface area contributed by atoms with Crippen LogP contribution in [0.15, 0.2) is 42.7 Å². The van der Waals surface area contributed by atoms with Gasteiger partial charge in [0.2, 0.25) is 0 Å². The smallest absolute Gasteiger partial charge is 0.325 e. The van der Waals surface area contributed by atoms with Crippen molar-refractivity contribution in [1.82, 2.24) is 9.55 Å². The first-order valence-electron chi connectivity index (χ1n) is 5.99. The fraction of sp³-hybridized carbons (Fsp3) is 0.286. The van der Waals surface area contributed by atoms with E-state index in [1.807, 2.05) is 34.9 Å². The zero-order valence-corrected chi connectivity index (χ0v) is 10.4. The molecule has 4 nitrogen and oxygen atoms in total. The van der Waals surface area contributed by atoms with Crippen molar-refractivity contribution in [3.05, 3.63) is 54.1 Å². The van der Waals surface area contributed by atoms with E-state index in [0.717, 1.165) is 5.82 Å². The number of ether oxygens (including phenoxy) is 1. The average molecular weight is 244 g/mol. The third kappa shape index (κ3) is 3.20. The van der Waals surface area contributed by atoms with Crippen LogP contribution in [0.1, 0.15) is 18.3 Å². The van der Waals surface area contributed by atoms with Gasteiger partial charge in [-0.2, -0.15) is 0 Å². The second-order valence-electron chi connectivity index (χ2n) is 3.94. The number of nitrogens with zero attached hydrogens (tertiary/aromatic N) is 2. The summed E-state index contributed by atoms with van der Waals surface area (Å²) in [5.74, 6) is 0.638. The molecule has 0 radical (unpaired) electrons. The Morgan fingerprint density at radius 2 is 2.11 bits per heavy atom. The average Bonchev–Trinajstić information content (AvgIpc) is 2.78. The summed E-state index contributed by atoms with van der Waals surface area (Å²) in [6, 6.07) is 10.1. The molecule has 1 heterocycles. The molecule has 18 heavy (non-hydrogen) atoms. The van der Waals surface area contributed by atoms with Gasteiger partial charge in [0.15, 0.2) is 0 Å². The molecule has 0 aliphatic heterocycles. The Kier molecular flexibility index (Phi) is 4.12. The van der Waals surface area contributed by atoms with E-state index in [4.69, 9.17) is 4.74 Å². The molecule has 2 aromatic rings. The van der Waals surface area contributed by atoms with Crippen molar-refractivity contribution in [3.63, 3.8) is 0 Å². The Balaban J connectivity index is 2.06. The number of benzene rings is 1. The Morgan fingerprint density at radius 1 is 1.33 bits per heavy atom. The highest BCUT2D eigenvalue weighted by Gasteiger charge is 2.08. The van der Waals surface area contributed by atoms with E-state index in [1.165, 1.54) is 5.56 Å². The lowest BCUT2D eigenvalue weighted by Crippen LogP contribution is -2.15. The Morgan fingerprint density at radius 3 is 2.83 bits per heavy atom. The number of esters is 1. The predicted molar refractivity (Wildman–Crippen MR) is 68.1 cm³/mol. The molecule has 1 aromatic heterocycles. The summed E-state index contributed by atoms with van der Waals surface area (Å²) in [5.41, 5.74) is 1.17. The lowest BCUT2D eigenvalue weighted by Gasteiger charge is -2.07. The van der Waals surface area contributed by atoms with E-state index in [-0.39, 0.29) is 12.5 Å². The Hall–Kier alpha value is -2.10. The molecule has 1 aromatic carbocycles. The third-order valence-corrected chi connectivity index (χ3v) is 2.61. The van der Waals surface area contributed by atoms with Gasteiger partial charge in [0.1, 0.15) is 12.4 Å². The normalized spacial score (nSPS) is 10.3. The van der Waals surface area contributed by atoms with E-state index < -0.39 is 0 Å². The lowest BCUT2D eigenvalue weighted by molar-refractivity contribution is -0.143. The van der Waals surface area contributed by atoms with Crippen molar-refractivity contribution in [2.75, 3.05) is 6.61 Å². The first-order chi connectivity index (χ1) is 8.79. The molecular weight excluding hydrogens is 228 g/mol. The van der Waals surface area contributed by atoms with Crippen LogP contribution in [0.25, 0.3) is 0 Å². The first kappa shape index (κ1) is 12.4. The van der Waals surface area contributed by atoms with Gasteiger partial charge in [-0.15, -0.1) is 0 Å². The molecule has 0 atom stereocenters. The number of carbonyl (C=O) groups excluding carboxylic acids is 1. The molecule has 2 rings (SSSR count). The minimum Gasteiger partial charge on any atom is -0.465 e. The molecule has 0 amide bonds. The van der Waals surface area contributed by atoms with Gasteiger partial charge >= 0.3 is 5.97 Å². The van der Waals surface area contributed by atoms with Crippen LogP contribution < -0.4 is 0 Å². The number of hydrogen-bond donors (Lipinski definition) is 0. The highest BCUT2D eigenvalue weighted by atomic mass is 16.5. The highest BCUT2D eigenvalue weighted by Crippen LogP contribution is 2.07. The van der Waals surface area contributed by atoms with Crippen LogP contribution in [-0.2, 0) is 22.5 Å². The minimum absolute atomic E-state index is 0.218. The number of carbonyl (C=O) groups is 1. The summed E-state index contributed by atoms with van der Waals surface area (Å²) in [5, 5.41) is 0. The second-order valence-corrected chi connectivity index (χ2v) is 3.94. The number of aromatic nitrogens is 2. The van der Waals surface area contributed by atoms with Gasteiger partial charge in [-0.25, -0.2) is 4.98 Å². The maximum absolute atomic E-state index is 11.4. The Bertz CT molecular complexity index is 506. The molecule has 0 spiro atoms. The minimum atomic E-state index is -0.232. The van der Waals surface area contributed by atoms with Crippen molar-refractivity contribution >= 4 is 5.97 Å². The third-order valence-electron chi connectivity index (χ3n) is 2.61. The Labute approximate surface area is 106 Å². The summed E-state index contributed by atoms with van der Waals surface area (Å²) in [7, 11) is 0. The number of hydrogen-bond acceptors (Lipinski definition) is 3. The standard InChI is InChI=1S/C14H16N2O2/c1-2-18-14(17)11-16-9-8-15-13(16)10-12-6-4-3-5-7-12/h3-9H,2,10-11H2,1H3. The van der Waals surface area contributed by atoms with Gasteiger partial charge < -0.3 is 9.30 Å². The molecule has 4 heteroatoms. The summed E-state index contributed by atoms with van der Waals surface area (Å²) in [6.07, 6.45) is 4.22. The predicted octanol–water partition coefficient (Wildman–Crippen LogP) is 2.04. The van der Waals surface area contributed by atoms with E-state index in [0.29, 0.717) is 13.0 Å². The van der Waals surface area contributed by atoms with E-state index >= 15 is 0 Å². The summed E-state index contributed by atoms with van der Waals surface area (Å²) < 4.78 is 6.76. The molecule has 0 unspecified atom stereocenters. The van der Waals surface area contributed by atoms with Crippen LogP contribution in [0.2, 0.25) is 0 Å². The van der Waals surface area contributed by atoms with Crippen LogP contribution in [0.4, 0.5) is 0 Å². The van der Waals surface area contributed by atoms with Gasteiger partial charge in [-0.3, -0.25) is 4.79 Å². The number of rotatable bonds is 5. The fourth-order valence-corrected chi connectivity index (χ4v) is 1.78. The summed E-state index contributed by atoms with van der Waals surface area (Å²) in [6.45, 7) is 2.42. The lowest BCUT2D eigenvalue weighted by atomic mass is 10.1. The maximum atomic E-state index is 11.4. The van der Waals surface area contributed by atoms with E-state index in [9.17, 15) is 4.79 Å². The van der Waals surface area contributed by atoms with Crippen LogP contribution >= 0.6 is 0 Å². The van der Waals surface area contributed by atoms with Crippen molar-refractivity contribution in [1.29, 1.82) is 0 Å². The van der Waals surface area contributed by atoms with Gasteiger partial charge in [0.25, 0.3) is 0 Å². The van der Waals surface area contributed by atoms with Gasteiger partial charge in [0.05, 0.1) is 6.61 Å². The number of imidazole rings is 1. The summed E-state index contributed by atoms with van der Waals surface area (Å²) >= 11 is 0. The van der Waals surface area contributed by atoms with Gasteiger partial charge in [-0.05, 0) is 12.5 Å². The molecule has 0 bridgehead atoms. The summed E-state index contributed by atoms with van der Waals surface area (Å²) in [4.78, 5) is 15.7. The highest BCUT2D eigenvalue weighted by molar-refractivity contribution is 5.69. The quantitative estimate of drug-likeness (QED) is 0.756. The van der Waals surface area contributed by atoms with Gasteiger partial charge in [-0.1, -0.05) is 30.3 Å². The van der Waals surface area contributed by atoms with Crippen molar-refractivity contribution < 1.29 is 9.53 Å². The van der Waals surface area contributed by atoms with Crippen LogP contribution in [-0.4, -0.2) is 22.1 Å². The molecular formula is C14H16N2O2. The largest absolute Gasteiger partial charge is 0.465 e. The van der Waals surface area contributed by atoms with E-state index in [2.05, 4.69) is 4.98 Å². The monoisotopic (exact) mass is 244 g/mol. The van der Waals surface area contributed by atoms with Crippen LogP contribution in [0.5, 0.6) is 0 Å². The van der Waals surface area contributed by atoms with Crippen molar-refractivity contribution in [3.8, 4) is 0 Å². The van der Waals surface area contributed by atoms with Crippen molar-refractivity contribution in [2.24, 2.45) is 0 Å². The topological polar surface area (TPSA) is 44.1 Å². The van der Waals surface area contributed by atoms with E-state index in [1.54, 1.807) is 19.3 Å². The maximum Gasteiger partial charge on any atom is 0.325 e. The molecule has 0 aliphatic carbocycles. The fourth-order valence-electron chi connectivity index (χ4n) is 1.78. The van der Waals surface area contributed by atoms with Gasteiger partial charge in [0, 0.05) is 18.8 Å². The zero-order valence-electron chi connectivity index (χ0n) is 10.4. The van der Waals surface area contributed by atoms with Crippen molar-refractivity contribution in [2.45, 2.75) is 19.9 Å². The molecule has 0 fully saturated rings. The zero-order chi connectivity index (χ0) is 12.8. The van der Waals surface area contributed by atoms with Crippen LogP contribution in [0.3, 0.4) is 0 Å². The SMILES string of the molecule is CCOC(=O)Cn1ccnc1Cc1ccccc1. The second kappa shape index (κ2) is 6.00. The molecule has 94 valence electrons.